The van der Waals surface area contributed by atoms with E-state index in [4.69, 9.17) is 10.00 Å². The van der Waals surface area contributed by atoms with Gasteiger partial charge in [0.25, 0.3) is 0 Å². The SMILES string of the molecule is Cc1cccc(C)c1OCc1nc(C)c(CC#N)s1. The van der Waals surface area contributed by atoms with Crippen LogP contribution in [-0.2, 0) is 13.0 Å². The van der Waals surface area contributed by atoms with Gasteiger partial charge < -0.3 is 4.74 Å². The average molecular weight is 272 g/mol. The summed E-state index contributed by atoms with van der Waals surface area (Å²) in [5.74, 6) is 0.928. The lowest BCUT2D eigenvalue weighted by atomic mass is 10.1. The number of ether oxygens (including phenoxy) is 1. The molecule has 1 aromatic heterocycles. The molecule has 0 N–H and O–H groups in total. The molecule has 0 aliphatic rings. The molecule has 1 heterocycles. The number of thiazole rings is 1. The van der Waals surface area contributed by atoms with Crippen LogP contribution in [0.4, 0.5) is 0 Å². The average Bonchev–Trinajstić information content (AvgIpc) is 2.70. The number of benzene rings is 1. The van der Waals surface area contributed by atoms with Gasteiger partial charge in [-0.25, -0.2) is 4.98 Å². The third kappa shape index (κ3) is 3.12. The molecule has 4 heteroatoms. The normalized spacial score (nSPS) is 10.2. The monoisotopic (exact) mass is 272 g/mol. The predicted molar refractivity (Wildman–Crippen MR) is 76.4 cm³/mol. The van der Waals surface area contributed by atoms with Crippen molar-refractivity contribution in [1.29, 1.82) is 5.26 Å². The topological polar surface area (TPSA) is 45.9 Å². The Morgan fingerprint density at radius 3 is 2.58 bits per heavy atom. The fraction of sp³-hybridized carbons (Fsp3) is 0.333. The van der Waals surface area contributed by atoms with E-state index in [0.29, 0.717) is 13.0 Å². The summed E-state index contributed by atoms with van der Waals surface area (Å²) in [5, 5.41) is 9.65. The number of hydrogen-bond donors (Lipinski definition) is 0. The number of hydrogen-bond acceptors (Lipinski definition) is 4. The fourth-order valence-corrected chi connectivity index (χ4v) is 2.86. The predicted octanol–water partition coefficient (Wildman–Crippen LogP) is 3.71. The molecule has 0 saturated heterocycles. The summed E-state index contributed by atoms with van der Waals surface area (Å²) in [4.78, 5) is 5.48. The van der Waals surface area contributed by atoms with Gasteiger partial charge in [-0.1, -0.05) is 18.2 Å². The minimum Gasteiger partial charge on any atom is -0.486 e. The molecule has 0 fully saturated rings. The fourth-order valence-electron chi connectivity index (χ4n) is 1.95. The van der Waals surface area contributed by atoms with E-state index in [1.165, 1.54) is 0 Å². The van der Waals surface area contributed by atoms with E-state index in [1.54, 1.807) is 11.3 Å². The van der Waals surface area contributed by atoms with Gasteiger partial charge in [0, 0.05) is 4.88 Å². The van der Waals surface area contributed by atoms with E-state index in [2.05, 4.69) is 11.1 Å². The van der Waals surface area contributed by atoms with Gasteiger partial charge in [0.2, 0.25) is 0 Å². The van der Waals surface area contributed by atoms with Crippen molar-refractivity contribution in [3.8, 4) is 11.8 Å². The second kappa shape index (κ2) is 5.85. The van der Waals surface area contributed by atoms with E-state index in [9.17, 15) is 0 Å². The number of nitriles is 1. The Kier molecular flexibility index (Phi) is 4.18. The van der Waals surface area contributed by atoms with E-state index in [-0.39, 0.29) is 0 Å². The van der Waals surface area contributed by atoms with Gasteiger partial charge in [-0.3, -0.25) is 0 Å². The molecule has 0 radical (unpaired) electrons. The van der Waals surface area contributed by atoms with Crippen molar-refractivity contribution in [3.05, 3.63) is 44.9 Å². The summed E-state index contributed by atoms with van der Waals surface area (Å²) < 4.78 is 5.87. The number of rotatable bonds is 4. The molecule has 0 bridgehead atoms. The third-order valence-corrected chi connectivity index (χ3v) is 4.06. The third-order valence-electron chi connectivity index (χ3n) is 2.93. The van der Waals surface area contributed by atoms with Crippen LogP contribution in [0.25, 0.3) is 0 Å². The van der Waals surface area contributed by atoms with Crippen LogP contribution in [0.3, 0.4) is 0 Å². The van der Waals surface area contributed by atoms with Crippen LogP contribution in [0.1, 0.15) is 26.7 Å². The van der Waals surface area contributed by atoms with Gasteiger partial charge in [0.05, 0.1) is 18.2 Å². The summed E-state index contributed by atoms with van der Waals surface area (Å²) in [7, 11) is 0. The van der Waals surface area contributed by atoms with Crippen LogP contribution in [0.5, 0.6) is 5.75 Å². The van der Waals surface area contributed by atoms with Gasteiger partial charge in [0.15, 0.2) is 0 Å². The first-order valence-corrected chi connectivity index (χ1v) is 6.94. The molecule has 0 unspecified atom stereocenters. The van der Waals surface area contributed by atoms with Crippen molar-refractivity contribution >= 4 is 11.3 Å². The lowest BCUT2D eigenvalue weighted by Crippen LogP contribution is -1.98. The highest BCUT2D eigenvalue weighted by atomic mass is 32.1. The molecule has 0 aliphatic carbocycles. The van der Waals surface area contributed by atoms with Gasteiger partial charge in [0.1, 0.15) is 17.4 Å². The second-order valence-electron chi connectivity index (χ2n) is 4.46. The highest BCUT2D eigenvalue weighted by Gasteiger charge is 2.09. The largest absolute Gasteiger partial charge is 0.486 e. The molecule has 1 aromatic carbocycles. The van der Waals surface area contributed by atoms with E-state index < -0.39 is 0 Å². The molecule has 0 saturated carbocycles. The molecule has 0 atom stereocenters. The van der Waals surface area contributed by atoms with E-state index in [0.717, 1.165) is 32.5 Å². The van der Waals surface area contributed by atoms with Crippen LogP contribution in [-0.4, -0.2) is 4.98 Å². The zero-order valence-electron chi connectivity index (χ0n) is 11.4. The molecule has 19 heavy (non-hydrogen) atoms. The summed E-state index contributed by atoms with van der Waals surface area (Å²) in [6.45, 7) is 6.47. The van der Waals surface area contributed by atoms with Crippen LogP contribution in [0.2, 0.25) is 0 Å². The Hall–Kier alpha value is -1.86. The zero-order chi connectivity index (χ0) is 13.8. The van der Waals surface area contributed by atoms with E-state index in [1.807, 2.05) is 39.0 Å². The first-order chi connectivity index (χ1) is 9.11. The number of aryl methyl sites for hydroxylation is 3. The molecular weight excluding hydrogens is 256 g/mol. The summed E-state index contributed by atoms with van der Waals surface area (Å²) in [5.41, 5.74) is 3.20. The first kappa shape index (κ1) is 13.6. The number of nitrogens with zero attached hydrogens (tertiary/aromatic N) is 2. The minimum absolute atomic E-state index is 0.424. The maximum Gasteiger partial charge on any atom is 0.140 e. The molecule has 98 valence electrons. The molecule has 0 amide bonds. The molecule has 2 rings (SSSR count). The van der Waals surface area contributed by atoms with Crippen LogP contribution >= 0.6 is 11.3 Å². The maximum atomic E-state index is 8.73. The standard InChI is InChI=1S/C15H16N2OS/c1-10-5-4-6-11(2)15(10)18-9-14-17-12(3)13(19-14)7-8-16/h4-6H,7,9H2,1-3H3. The van der Waals surface area contributed by atoms with Crippen molar-refractivity contribution in [2.45, 2.75) is 33.8 Å². The highest BCUT2D eigenvalue weighted by molar-refractivity contribution is 7.11. The van der Waals surface area contributed by atoms with Crippen molar-refractivity contribution in [1.82, 2.24) is 4.98 Å². The maximum absolute atomic E-state index is 8.73. The Balaban J connectivity index is 2.11. The molecule has 0 spiro atoms. The Morgan fingerprint density at radius 1 is 1.26 bits per heavy atom. The Labute approximate surface area is 117 Å². The quantitative estimate of drug-likeness (QED) is 0.852. The number of para-hydroxylation sites is 1. The molecule has 3 nitrogen and oxygen atoms in total. The smallest absolute Gasteiger partial charge is 0.140 e. The molecule has 2 aromatic rings. The lowest BCUT2D eigenvalue weighted by molar-refractivity contribution is 0.301. The van der Waals surface area contributed by atoms with E-state index >= 15 is 0 Å². The van der Waals surface area contributed by atoms with Gasteiger partial charge >= 0.3 is 0 Å². The number of aromatic nitrogens is 1. The van der Waals surface area contributed by atoms with Gasteiger partial charge in [-0.05, 0) is 31.9 Å². The lowest BCUT2D eigenvalue weighted by Gasteiger charge is -2.10. The minimum atomic E-state index is 0.424. The summed E-state index contributed by atoms with van der Waals surface area (Å²) in [6, 6.07) is 8.26. The molecule has 0 aliphatic heterocycles. The van der Waals surface area contributed by atoms with Crippen LogP contribution in [0.15, 0.2) is 18.2 Å². The second-order valence-corrected chi connectivity index (χ2v) is 5.63. The summed E-state index contributed by atoms with van der Waals surface area (Å²) in [6.07, 6.45) is 0.424. The van der Waals surface area contributed by atoms with Crippen molar-refractivity contribution in [3.63, 3.8) is 0 Å². The first-order valence-electron chi connectivity index (χ1n) is 6.13. The van der Waals surface area contributed by atoms with Gasteiger partial charge in [-0.2, -0.15) is 5.26 Å². The Morgan fingerprint density at radius 2 is 1.95 bits per heavy atom. The van der Waals surface area contributed by atoms with Gasteiger partial charge in [-0.15, -0.1) is 11.3 Å². The molecular formula is C15H16N2OS. The summed E-state index contributed by atoms with van der Waals surface area (Å²) >= 11 is 1.56. The van der Waals surface area contributed by atoms with Crippen LogP contribution in [0, 0.1) is 32.1 Å². The van der Waals surface area contributed by atoms with Crippen LogP contribution < -0.4 is 4.74 Å². The highest BCUT2D eigenvalue weighted by Crippen LogP contribution is 2.25. The van der Waals surface area contributed by atoms with Crippen molar-refractivity contribution in [2.75, 3.05) is 0 Å². The zero-order valence-corrected chi connectivity index (χ0v) is 12.2. The van der Waals surface area contributed by atoms with Crippen molar-refractivity contribution < 1.29 is 4.74 Å². The Bertz CT molecular complexity index is 605. The van der Waals surface area contributed by atoms with Crippen molar-refractivity contribution in [2.24, 2.45) is 0 Å².